The molecule has 2 aliphatic rings. The Morgan fingerprint density at radius 3 is 2.61 bits per heavy atom. The first-order valence-corrected chi connectivity index (χ1v) is 10.9. The van der Waals surface area contributed by atoms with Crippen molar-refractivity contribution >= 4 is 17.7 Å². The first-order chi connectivity index (χ1) is 15.0. The van der Waals surface area contributed by atoms with Crippen LogP contribution in [0.25, 0.3) is 5.69 Å². The van der Waals surface area contributed by atoms with Crippen LogP contribution < -0.4 is 0 Å². The molecule has 1 saturated carbocycles. The maximum Gasteiger partial charge on any atom is 0.408 e. The minimum Gasteiger partial charge on any atom is -0.465 e. The largest absolute Gasteiger partial charge is 0.465 e. The Labute approximate surface area is 184 Å². The minimum absolute atomic E-state index is 0.197. The van der Waals surface area contributed by atoms with Crippen LogP contribution in [0.15, 0.2) is 30.6 Å². The van der Waals surface area contributed by atoms with E-state index >= 15 is 0 Å². The molecule has 160 valence electrons. The number of carbonyl (C=O) groups is 1. The number of benzene rings is 1. The maximum absolute atomic E-state index is 11.7. The zero-order valence-corrected chi connectivity index (χ0v) is 18.0. The first-order valence-electron chi connectivity index (χ1n) is 10.5. The van der Waals surface area contributed by atoms with Crippen molar-refractivity contribution in [3.8, 4) is 5.69 Å². The topological polar surface area (TPSA) is 97.0 Å². The predicted molar refractivity (Wildman–Crippen MR) is 114 cm³/mol. The molecule has 1 aliphatic heterocycles. The third-order valence-corrected chi connectivity index (χ3v) is 6.52. The van der Waals surface area contributed by atoms with Crippen molar-refractivity contribution in [2.24, 2.45) is 0 Å². The lowest BCUT2D eigenvalue weighted by molar-refractivity contribution is 0.139. The number of amides is 1. The van der Waals surface area contributed by atoms with Gasteiger partial charge in [0, 0.05) is 29.3 Å². The molecule has 1 aliphatic carbocycles. The van der Waals surface area contributed by atoms with Gasteiger partial charge in [0.15, 0.2) is 5.82 Å². The van der Waals surface area contributed by atoms with E-state index in [4.69, 9.17) is 11.6 Å². The van der Waals surface area contributed by atoms with E-state index in [-0.39, 0.29) is 19.0 Å². The fourth-order valence-corrected chi connectivity index (χ4v) is 4.95. The average Bonchev–Trinajstić information content (AvgIpc) is 3.09. The fraction of sp³-hybridized carbons (Fsp3) is 0.409. The molecule has 31 heavy (non-hydrogen) atoms. The summed E-state index contributed by atoms with van der Waals surface area (Å²) in [4.78, 5) is 22.0. The summed E-state index contributed by atoms with van der Waals surface area (Å²) >= 11 is 6.21. The number of hydrogen-bond donors (Lipinski definition) is 1. The van der Waals surface area contributed by atoms with Crippen molar-refractivity contribution in [3.63, 3.8) is 0 Å². The predicted octanol–water partition coefficient (Wildman–Crippen LogP) is 4.45. The molecule has 1 amide bonds. The second kappa shape index (κ2) is 7.92. The summed E-state index contributed by atoms with van der Waals surface area (Å²) in [5.74, 6) is 2.21. The SMILES string of the molecule is Cc1cncc(C2CCC(c3nnc4n3-c3ccc(Cl)cc3CN(C(=O)O)C4)CC2)n1. The Morgan fingerprint density at radius 2 is 1.87 bits per heavy atom. The number of hydrogen-bond acceptors (Lipinski definition) is 5. The number of aromatic nitrogens is 5. The van der Waals surface area contributed by atoms with Crippen LogP contribution in [-0.2, 0) is 13.1 Å². The number of nitrogens with zero attached hydrogens (tertiary/aromatic N) is 6. The van der Waals surface area contributed by atoms with Crippen molar-refractivity contribution in [2.45, 2.75) is 57.5 Å². The molecule has 0 unspecified atom stereocenters. The second-order valence-electron chi connectivity index (χ2n) is 8.36. The first kappa shape index (κ1) is 19.9. The third kappa shape index (κ3) is 3.76. The monoisotopic (exact) mass is 438 g/mol. The normalized spacial score (nSPS) is 20.6. The van der Waals surface area contributed by atoms with Crippen molar-refractivity contribution in [1.29, 1.82) is 0 Å². The van der Waals surface area contributed by atoms with Crippen LogP contribution in [0.2, 0.25) is 5.02 Å². The highest BCUT2D eigenvalue weighted by atomic mass is 35.5. The van der Waals surface area contributed by atoms with Crippen LogP contribution in [0, 0.1) is 6.92 Å². The van der Waals surface area contributed by atoms with Gasteiger partial charge in [-0.2, -0.15) is 0 Å². The van der Waals surface area contributed by atoms with Crippen LogP contribution in [0.4, 0.5) is 4.79 Å². The van der Waals surface area contributed by atoms with Gasteiger partial charge in [0.1, 0.15) is 5.82 Å². The van der Waals surface area contributed by atoms with Crippen molar-refractivity contribution in [3.05, 3.63) is 64.2 Å². The number of fused-ring (bicyclic) bond motifs is 3. The molecule has 1 aromatic carbocycles. The van der Waals surface area contributed by atoms with Crippen LogP contribution in [-0.4, -0.2) is 40.8 Å². The summed E-state index contributed by atoms with van der Waals surface area (Å²) in [5, 5.41) is 19.1. The zero-order chi connectivity index (χ0) is 21.5. The van der Waals surface area contributed by atoms with E-state index in [0.717, 1.165) is 54.1 Å². The molecule has 5 rings (SSSR count). The Hall–Kier alpha value is -3.00. The quantitative estimate of drug-likeness (QED) is 0.634. The molecule has 2 aromatic heterocycles. The van der Waals surface area contributed by atoms with Crippen LogP contribution in [0.1, 0.15) is 66.1 Å². The Bertz CT molecular complexity index is 1140. The molecule has 0 radical (unpaired) electrons. The number of aryl methyl sites for hydroxylation is 1. The summed E-state index contributed by atoms with van der Waals surface area (Å²) in [6, 6.07) is 5.60. The average molecular weight is 439 g/mol. The number of carboxylic acid groups (broad SMARTS) is 1. The molecule has 1 fully saturated rings. The molecule has 1 N–H and O–H groups in total. The van der Waals surface area contributed by atoms with Gasteiger partial charge in [0.2, 0.25) is 0 Å². The smallest absolute Gasteiger partial charge is 0.408 e. The third-order valence-electron chi connectivity index (χ3n) is 6.29. The van der Waals surface area contributed by atoms with E-state index in [9.17, 15) is 9.90 Å². The number of rotatable bonds is 2. The van der Waals surface area contributed by atoms with Crippen LogP contribution >= 0.6 is 11.6 Å². The second-order valence-corrected chi connectivity index (χ2v) is 8.79. The van der Waals surface area contributed by atoms with Crippen LogP contribution in [0.3, 0.4) is 0 Å². The summed E-state index contributed by atoms with van der Waals surface area (Å²) in [6.07, 6.45) is 6.66. The maximum atomic E-state index is 11.7. The Kier molecular flexibility index (Phi) is 5.09. The molecule has 9 heteroatoms. The molecule has 0 spiro atoms. The highest BCUT2D eigenvalue weighted by molar-refractivity contribution is 6.30. The Balaban J connectivity index is 1.46. The lowest BCUT2D eigenvalue weighted by atomic mass is 9.80. The zero-order valence-electron chi connectivity index (χ0n) is 17.2. The van der Waals surface area contributed by atoms with Crippen LogP contribution in [0.5, 0.6) is 0 Å². The van der Waals surface area contributed by atoms with Crippen molar-refractivity contribution < 1.29 is 9.90 Å². The fourth-order valence-electron chi connectivity index (χ4n) is 4.75. The summed E-state index contributed by atoms with van der Waals surface area (Å²) < 4.78 is 2.05. The molecule has 0 bridgehead atoms. The van der Waals surface area contributed by atoms with Crippen molar-refractivity contribution in [2.75, 3.05) is 0 Å². The van der Waals surface area contributed by atoms with Gasteiger partial charge in [-0.3, -0.25) is 19.4 Å². The highest BCUT2D eigenvalue weighted by Crippen LogP contribution is 2.41. The Morgan fingerprint density at radius 1 is 1.10 bits per heavy atom. The summed E-state index contributed by atoms with van der Waals surface area (Å²) in [6.45, 7) is 2.44. The molecule has 3 aromatic rings. The molecular formula is C22H23ClN6O2. The van der Waals surface area contributed by atoms with Gasteiger partial charge in [-0.25, -0.2) is 4.79 Å². The summed E-state index contributed by atoms with van der Waals surface area (Å²) in [7, 11) is 0. The molecule has 0 atom stereocenters. The van der Waals surface area contributed by atoms with Gasteiger partial charge >= 0.3 is 6.09 Å². The van der Waals surface area contributed by atoms with Gasteiger partial charge in [-0.05, 0) is 56.4 Å². The van der Waals surface area contributed by atoms with E-state index < -0.39 is 6.09 Å². The van der Waals surface area contributed by atoms with Gasteiger partial charge in [0.25, 0.3) is 0 Å². The van der Waals surface area contributed by atoms with E-state index in [1.807, 2.05) is 35.9 Å². The van der Waals surface area contributed by atoms with Gasteiger partial charge < -0.3 is 5.11 Å². The number of halogens is 1. The lowest BCUT2D eigenvalue weighted by Gasteiger charge is -2.28. The van der Waals surface area contributed by atoms with Gasteiger partial charge in [0.05, 0.1) is 30.2 Å². The van der Waals surface area contributed by atoms with E-state index in [1.54, 1.807) is 6.20 Å². The van der Waals surface area contributed by atoms with E-state index in [2.05, 4.69) is 20.2 Å². The molecule has 0 saturated heterocycles. The minimum atomic E-state index is -0.983. The van der Waals surface area contributed by atoms with E-state index in [1.165, 1.54) is 4.90 Å². The van der Waals surface area contributed by atoms with E-state index in [0.29, 0.717) is 16.8 Å². The lowest BCUT2D eigenvalue weighted by Crippen LogP contribution is -2.27. The molecule has 3 heterocycles. The standard InChI is InChI=1S/C22H23ClN6O2/c1-13-9-24-10-18(25-13)14-2-4-15(5-3-14)21-27-26-20-12-28(22(30)31)11-16-8-17(23)6-7-19(16)29(20)21/h6-10,14-15H,2-5,11-12H2,1H3,(H,30,31). The van der Waals surface area contributed by atoms with Gasteiger partial charge in [-0.1, -0.05) is 11.6 Å². The van der Waals surface area contributed by atoms with Crippen molar-refractivity contribution in [1.82, 2.24) is 29.6 Å². The molecular weight excluding hydrogens is 416 g/mol. The molecule has 8 nitrogen and oxygen atoms in total. The van der Waals surface area contributed by atoms with Gasteiger partial charge in [-0.15, -0.1) is 10.2 Å². The highest BCUT2D eigenvalue weighted by Gasteiger charge is 2.32. The summed E-state index contributed by atoms with van der Waals surface area (Å²) in [5.41, 5.74) is 3.78.